The smallest absolute Gasteiger partial charge is 0.131 e. The fraction of sp³-hybridized carbons (Fsp3) is 0.615. The zero-order valence-corrected chi connectivity index (χ0v) is 10.5. The van der Waals surface area contributed by atoms with E-state index in [0.717, 1.165) is 25.6 Å². The first-order valence-corrected chi connectivity index (χ1v) is 6.05. The van der Waals surface area contributed by atoms with E-state index < -0.39 is 0 Å². The van der Waals surface area contributed by atoms with Gasteiger partial charge in [0.15, 0.2) is 0 Å². The molecule has 3 heteroatoms. The van der Waals surface area contributed by atoms with E-state index in [1.165, 1.54) is 23.4 Å². The van der Waals surface area contributed by atoms with Crippen molar-refractivity contribution in [1.82, 2.24) is 10.3 Å². The molecule has 2 heterocycles. The molecule has 0 aliphatic carbocycles. The van der Waals surface area contributed by atoms with E-state index in [-0.39, 0.29) is 0 Å². The van der Waals surface area contributed by atoms with Gasteiger partial charge in [0, 0.05) is 25.8 Å². The summed E-state index contributed by atoms with van der Waals surface area (Å²) in [7, 11) is 1.96. The van der Waals surface area contributed by atoms with Crippen molar-refractivity contribution in [3.8, 4) is 0 Å². The number of aromatic nitrogens is 1. The number of hydrogen-bond acceptors (Lipinski definition) is 3. The normalized spacial score (nSPS) is 20.4. The highest BCUT2D eigenvalue weighted by Crippen LogP contribution is 2.24. The van der Waals surface area contributed by atoms with Gasteiger partial charge < -0.3 is 10.2 Å². The summed E-state index contributed by atoms with van der Waals surface area (Å²) in [5.41, 5.74) is 2.55. The molecule has 0 saturated carbocycles. The topological polar surface area (TPSA) is 28.2 Å². The third kappa shape index (κ3) is 2.35. The predicted octanol–water partition coefficient (Wildman–Crippen LogP) is 1.96. The lowest BCUT2D eigenvalue weighted by atomic mass is 10.2. The fourth-order valence-corrected chi connectivity index (χ4v) is 2.39. The minimum Gasteiger partial charge on any atom is -0.356 e. The third-order valence-electron chi connectivity index (χ3n) is 3.21. The summed E-state index contributed by atoms with van der Waals surface area (Å²) in [5.74, 6) is 1.97. The molecule has 1 aromatic rings. The van der Waals surface area contributed by atoms with E-state index in [4.69, 9.17) is 0 Å². The first-order valence-electron chi connectivity index (χ1n) is 6.05. The Balaban J connectivity index is 2.16. The fourth-order valence-electron chi connectivity index (χ4n) is 2.39. The van der Waals surface area contributed by atoms with Crippen molar-refractivity contribution in [1.29, 1.82) is 0 Å². The lowest BCUT2D eigenvalue weighted by Gasteiger charge is -2.19. The van der Waals surface area contributed by atoms with Gasteiger partial charge in [0.2, 0.25) is 0 Å². The summed E-state index contributed by atoms with van der Waals surface area (Å²) in [6.07, 6.45) is 3.28. The monoisotopic (exact) mass is 219 g/mol. The van der Waals surface area contributed by atoms with Crippen LogP contribution >= 0.6 is 0 Å². The van der Waals surface area contributed by atoms with Gasteiger partial charge in [-0.3, -0.25) is 0 Å². The quantitative estimate of drug-likeness (QED) is 0.842. The van der Waals surface area contributed by atoms with Gasteiger partial charge in [-0.25, -0.2) is 4.98 Å². The van der Waals surface area contributed by atoms with Crippen molar-refractivity contribution in [3.05, 3.63) is 23.4 Å². The summed E-state index contributed by atoms with van der Waals surface area (Å²) < 4.78 is 0. The minimum absolute atomic E-state index is 0.804. The zero-order valence-electron chi connectivity index (χ0n) is 10.5. The number of pyridine rings is 1. The van der Waals surface area contributed by atoms with Gasteiger partial charge in [-0.2, -0.15) is 0 Å². The molecule has 16 heavy (non-hydrogen) atoms. The lowest BCUT2D eigenvalue weighted by molar-refractivity contribution is 0.658. The molecular weight excluding hydrogens is 198 g/mol. The van der Waals surface area contributed by atoms with Gasteiger partial charge in [0.05, 0.1) is 0 Å². The van der Waals surface area contributed by atoms with Crippen molar-refractivity contribution in [2.24, 2.45) is 5.92 Å². The molecule has 1 saturated heterocycles. The number of rotatable bonds is 3. The summed E-state index contributed by atoms with van der Waals surface area (Å²) in [5, 5.41) is 3.15. The molecule has 0 radical (unpaired) electrons. The number of anilines is 1. The second-order valence-corrected chi connectivity index (χ2v) is 4.85. The van der Waals surface area contributed by atoms with Crippen LogP contribution in [0.3, 0.4) is 0 Å². The van der Waals surface area contributed by atoms with Crippen LogP contribution < -0.4 is 10.2 Å². The van der Waals surface area contributed by atoms with Crippen LogP contribution in [0.1, 0.15) is 24.5 Å². The van der Waals surface area contributed by atoms with Gasteiger partial charge in [-0.15, -0.1) is 0 Å². The van der Waals surface area contributed by atoms with Crippen LogP contribution in [0.25, 0.3) is 0 Å². The molecule has 3 nitrogen and oxygen atoms in total. The van der Waals surface area contributed by atoms with Crippen LogP contribution in [0.4, 0.5) is 5.82 Å². The summed E-state index contributed by atoms with van der Waals surface area (Å²) in [6, 6.07) is 2.24. The second-order valence-electron chi connectivity index (χ2n) is 4.85. The molecule has 1 fully saturated rings. The summed E-state index contributed by atoms with van der Waals surface area (Å²) in [4.78, 5) is 7.01. The highest BCUT2D eigenvalue weighted by Gasteiger charge is 2.20. The van der Waals surface area contributed by atoms with Crippen LogP contribution in [-0.4, -0.2) is 25.1 Å². The maximum Gasteiger partial charge on any atom is 0.131 e. The Labute approximate surface area is 97.9 Å². The summed E-state index contributed by atoms with van der Waals surface area (Å²) in [6.45, 7) is 7.67. The maximum absolute atomic E-state index is 4.60. The molecule has 1 unspecified atom stereocenters. The number of nitrogens with zero attached hydrogens (tertiary/aromatic N) is 2. The van der Waals surface area contributed by atoms with Gasteiger partial charge in [-0.1, -0.05) is 6.92 Å². The van der Waals surface area contributed by atoms with E-state index in [2.05, 4.69) is 35.1 Å². The first-order chi connectivity index (χ1) is 7.70. The third-order valence-corrected chi connectivity index (χ3v) is 3.21. The Bertz CT molecular complexity index is 362. The highest BCUT2D eigenvalue weighted by molar-refractivity contribution is 5.48. The SMILES string of the molecule is CNCc1cnc(N2CCC(C)C2)c(C)c1. The van der Waals surface area contributed by atoms with E-state index in [1.54, 1.807) is 0 Å². The molecule has 88 valence electrons. The van der Waals surface area contributed by atoms with Crippen LogP contribution in [0.5, 0.6) is 0 Å². The van der Waals surface area contributed by atoms with Crippen LogP contribution in [0.15, 0.2) is 12.3 Å². The molecule has 2 rings (SSSR count). The largest absolute Gasteiger partial charge is 0.356 e. The Morgan fingerprint density at radius 1 is 1.56 bits per heavy atom. The van der Waals surface area contributed by atoms with E-state index in [0.29, 0.717) is 0 Å². The molecule has 0 bridgehead atoms. The van der Waals surface area contributed by atoms with E-state index in [1.807, 2.05) is 13.2 Å². The minimum atomic E-state index is 0.804. The predicted molar refractivity (Wildman–Crippen MR) is 67.7 cm³/mol. The average molecular weight is 219 g/mol. The van der Waals surface area contributed by atoms with Crippen molar-refractivity contribution in [3.63, 3.8) is 0 Å². The van der Waals surface area contributed by atoms with Crippen LogP contribution in [0.2, 0.25) is 0 Å². The highest BCUT2D eigenvalue weighted by atomic mass is 15.2. The first kappa shape index (κ1) is 11.4. The average Bonchev–Trinajstić information content (AvgIpc) is 2.65. The Morgan fingerprint density at radius 2 is 2.38 bits per heavy atom. The zero-order chi connectivity index (χ0) is 11.5. The number of aryl methyl sites for hydroxylation is 1. The Morgan fingerprint density at radius 3 is 2.94 bits per heavy atom. The standard InChI is InChI=1S/C13H21N3/c1-10-4-5-16(9-10)13-11(2)6-12(7-14-3)8-15-13/h6,8,10,14H,4-5,7,9H2,1-3H3. The summed E-state index contributed by atoms with van der Waals surface area (Å²) >= 11 is 0. The Hall–Kier alpha value is -1.09. The molecule has 1 aromatic heterocycles. The van der Waals surface area contributed by atoms with Crippen molar-refractivity contribution in [2.75, 3.05) is 25.0 Å². The van der Waals surface area contributed by atoms with Crippen LogP contribution in [0, 0.1) is 12.8 Å². The molecule has 0 amide bonds. The van der Waals surface area contributed by atoms with Crippen LogP contribution in [-0.2, 0) is 6.54 Å². The molecule has 1 aliphatic heterocycles. The number of nitrogens with one attached hydrogen (secondary N) is 1. The van der Waals surface area contributed by atoms with E-state index in [9.17, 15) is 0 Å². The molecule has 0 aromatic carbocycles. The number of hydrogen-bond donors (Lipinski definition) is 1. The van der Waals surface area contributed by atoms with Gasteiger partial charge in [0.25, 0.3) is 0 Å². The van der Waals surface area contributed by atoms with E-state index >= 15 is 0 Å². The van der Waals surface area contributed by atoms with Crippen molar-refractivity contribution in [2.45, 2.75) is 26.8 Å². The molecule has 1 N–H and O–H groups in total. The van der Waals surface area contributed by atoms with Gasteiger partial charge >= 0.3 is 0 Å². The van der Waals surface area contributed by atoms with Gasteiger partial charge in [0.1, 0.15) is 5.82 Å². The van der Waals surface area contributed by atoms with Crippen molar-refractivity contribution >= 4 is 5.82 Å². The second kappa shape index (κ2) is 4.83. The molecule has 0 spiro atoms. The molecule has 1 aliphatic rings. The van der Waals surface area contributed by atoms with Gasteiger partial charge in [-0.05, 0) is 43.5 Å². The van der Waals surface area contributed by atoms with Crippen molar-refractivity contribution < 1.29 is 0 Å². The lowest BCUT2D eigenvalue weighted by Crippen LogP contribution is -2.21. The maximum atomic E-state index is 4.60. The molecular formula is C13H21N3. The Kier molecular flexibility index (Phi) is 3.44. The molecule has 1 atom stereocenters.